The van der Waals surface area contributed by atoms with Crippen molar-refractivity contribution in [3.05, 3.63) is 35.1 Å². The molecule has 0 aliphatic heterocycles. The maximum absolute atomic E-state index is 13.6. The summed E-state index contributed by atoms with van der Waals surface area (Å²) in [5.41, 5.74) is 0.607. The van der Waals surface area contributed by atoms with Crippen LogP contribution in [-0.2, 0) is 6.42 Å². The molecule has 0 aromatic heterocycles. The molecule has 1 aromatic rings. The Bertz CT molecular complexity index is 431. The molecule has 0 aliphatic carbocycles. The number of aliphatic hydroxyl groups excluding tert-OH is 2. The summed E-state index contributed by atoms with van der Waals surface area (Å²) in [6, 6.07) is 6.02. The Labute approximate surface area is 106 Å². The van der Waals surface area contributed by atoms with E-state index in [1.54, 1.807) is 7.05 Å². The number of nitriles is 1. The first-order chi connectivity index (χ1) is 8.60. The van der Waals surface area contributed by atoms with Gasteiger partial charge in [0, 0.05) is 5.56 Å². The largest absolute Gasteiger partial charge is 0.390 e. The van der Waals surface area contributed by atoms with Crippen LogP contribution in [0.1, 0.15) is 23.7 Å². The van der Waals surface area contributed by atoms with Gasteiger partial charge in [-0.25, -0.2) is 4.39 Å². The first-order valence-electron chi connectivity index (χ1n) is 5.76. The van der Waals surface area contributed by atoms with Gasteiger partial charge in [0.2, 0.25) is 0 Å². The molecule has 98 valence electrons. The van der Waals surface area contributed by atoms with Crippen LogP contribution in [0, 0.1) is 17.1 Å². The van der Waals surface area contributed by atoms with Gasteiger partial charge < -0.3 is 15.5 Å². The summed E-state index contributed by atoms with van der Waals surface area (Å²) in [7, 11) is 1.75. The molecule has 5 heteroatoms. The second kappa shape index (κ2) is 7.07. The topological polar surface area (TPSA) is 76.3 Å². The van der Waals surface area contributed by atoms with Crippen LogP contribution in [0.4, 0.5) is 4.39 Å². The van der Waals surface area contributed by atoms with Gasteiger partial charge >= 0.3 is 0 Å². The van der Waals surface area contributed by atoms with E-state index in [0.29, 0.717) is 18.5 Å². The molecule has 0 aliphatic rings. The van der Waals surface area contributed by atoms with Gasteiger partial charge in [0.15, 0.2) is 0 Å². The lowest BCUT2D eigenvalue weighted by molar-refractivity contribution is 0.0139. The summed E-state index contributed by atoms with van der Waals surface area (Å²) in [5.74, 6) is -0.533. The van der Waals surface area contributed by atoms with Crippen molar-refractivity contribution in [2.45, 2.75) is 25.0 Å². The summed E-state index contributed by atoms with van der Waals surface area (Å²) >= 11 is 0. The molecule has 4 nitrogen and oxygen atoms in total. The molecule has 0 heterocycles. The molecule has 2 unspecified atom stereocenters. The second-order valence-corrected chi connectivity index (χ2v) is 4.09. The summed E-state index contributed by atoms with van der Waals surface area (Å²) in [6.45, 7) is 0.563. The lowest BCUT2D eigenvalue weighted by Crippen LogP contribution is -2.23. The van der Waals surface area contributed by atoms with Gasteiger partial charge in [0.1, 0.15) is 11.9 Å². The number of nitrogens with zero attached hydrogens (tertiary/aromatic N) is 1. The van der Waals surface area contributed by atoms with Crippen molar-refractivity contribution in [3.8, 4) is 6.07 Å². The number of halogens is 1. The minimum absolute atomic E-state index is 0.00941. The van der Waals surface area contributed by atoms with Crippen molar-refractivity contribution in [1.82, 2.24) is 5.32 Å². The van der Waals surface area contributed by atoms with E-state index in [0.717, 1.165) is 0 Å². The van der Waals surface area contributed by atoms with Crippen LogP contribution < -0.4 is 5.32 Å². The molecule has 3 N–H and O–H groups in total. The third-order valence-corrected chi connectivity index (χ3v) is 2.74. The van der Waals surface area contributed by atoms with Gasteiger partial charge in [-0.2, -0.15) is 5.26 Å². The Morgan fingerprint density at radius 2 is 2.17 bits per heavy atom. The molecule has 0 fully saturated rings. The van der Waals surface area contributed by atoms with Crippen molar-refractivity contribution < 1.29 is 14.6 Å². The summed E-state index contributed by atoms with van der Waals surface area (Å²) < 4.78 is 13.6. The molecule has 0 amide bonds. The monoisotopic (exact) mass is 252 g/mol. The number of rotatable bonds is 6. The number of benzene rings is 1. The standard InChI is InChI=1S/C13H17FN2O2/c1-16-7-5-12(17)13(18)10-3-2-9(4-6-15)11(14)8-10/h2-3,8,12-13,16-18H,4-5,7H2,1H3. The molecule has 1 aromatic carbocycles. The lowest BCUT2D eigenvalue weighted by Gasteiger charge is -2.18. The smallest absolute Gasteiger partial charge is 0.127 e. The van der Waals surface area contributed by atoms with Gasteiger partial charge in [-0.05, 0) is 31.6 Å². The third-order valence-electron chi connectivity index (χ3n) is 2.74. The fourth-order valence-electron chi connectivity index (χ4n) is 1.65. The van der Waals surface area contributed by atoms with Crippen molar-refractivity contribution >= 4 is 0 Å². The fourth-order valence-corrected chi connectivity index (χ4v) is 1.65. The van der Waals surface area contributed by atoms with E-state index in [-0.39, 0.29) is 12.0 Å². The molecular formula is C13H17FN2O2. The van der Waals surface area contributed by atoms with E-state index in [2.05, 4.69) is 5.32 Å². The highest BCUT2D eigenvalue weighted by Crippen LogP contribution is 2.21. The van der Waals surface area contributed by atoms with Crippen LogP contribution >= 0.6 is 0 Å². The molecule has 0 spiro atoms. The van der Waals surface area contributed by atoms with Crippen LogP contribution in [-0.4, -0.2) is 29.9 Å². The normalized spacial score (nSPS) is 13.9. The Kier molecular flexibility index (Phi) is 5.72. The van der Waals surface area contributed by atoms with Crippen LogP contribution in [0.15, 0.2) is 18.2 Å². The van der Waals surface area contributed by atoms with Gasteiger partial charge in [0.25, 0.3) is 0 Å². The maximum atomic E-state index is 13.6. The van der Waals surface area contributed by atoms with Crippen LogP contribution in [0.2, 0.25) is 0 Å². The van der Waals surface area contributed by atoms with Gasteiger partial charge in [-0.15, -0.1) is 0 Å². The first kappa shape index (κ1) is 14.6. The highest BCUT2D eigenvalue weighted by Gasteiger charge is 2.19. The predicted octanol–water partition coefficient (Wildman–Crippen LogP) is 0.896. The van der Waals surface area contributed by atoms with Crippen molar-refractivity contribution in [1.29, 1.82) is 5.26 Å². The number of aliphatic hydroxyl groups is 2. The highest BCUT2D eigenvalue weighted by molar-refractivity contribution is 5.28. The highest BCUT2D eigenvalue weighted by atomic mass is 19.1. The van der Waals surface area contributed by atoms with Crippen LogP contribution in [0.5, 0.6) is 0 Å². The molecule has 18 heavy (non-hydrogen) atoms. The zero-order chi connectivity index (χ0) is 13.5. The molecule has 2 atom stereocenters. The molecule has 1 rings (SSSR count). The quantitative estimate of drug-likeness (QED) is 0.703. The minimum Gasteiger partial charge on any atom is -0.390 e. The van der Waals surface area contributed by atoms with E-state index >= 15 is 0 Å². The first-order valence-corrected chi connectivity index (χ1v) is 5.76. The van der Waals surface area contributed by atoms with E-state index in [1.165, 1.54) is 18.2 Å². The van der Waals surface area contributed by atoms with E-state index in [9.17, 15) is 14.6 Å². The Morgan fingerprint density at radius 1 is 1.44 bits per heavy atom. The van der Waals surface area contributed by atoms with E-state index < -0.39 is 18.0 Å². The summed E-state index contributed by atoms with van der Waals surface area (Å²) in [6.07, 6.45) is -1.70. The molecule has 0 bridgehead atoms. The molecule has 0 radical (unpaired) electrons. The summed E-state index contributed by atoms with van der Waals surface area (Å²) in [4.78, 5) is 0. The average Bonchev–Trinajstić information content (AvgIpc) is 2.37. The number of hydrogen-bond donors (Lipinski definition) is 3. The number of nitrogens with one attached hydrogen (secondary N) is 1. The van der Waals surface area contributed by atoms with Crippen LogP contribution in [0.3, 0.4) is 0 Å². The van der Waals surface area contributed by atoms with E-state index in [4.69, 9.17) is 5.26 Å². The Balaban J connectivity index is 2.77. The van der Waals surface area contributed by atoms with Crippen LogP contribution in [0.25, 0.3) is 0 Å². The lowest BCUT2D eigenvalue weighted by atomic mass is 10.00. The third kappa shape index (κ3) is 3.77. The minimum atomic E-state index is -1.12. The van der Waals surface area contributed by atoms with E-state index in [1.807, 2.05) is 6.07 Å². The molecule has 0 saturated carbocycles. The molecular weight excluding hydrogens is 235 g/mol. The Hall–Kier alpha value is -1.48. The Morgan fingerprint density at radius 3 is 2.72 bits per heavy atom. The zero-order valence-corrected chi connectivity index (χ0v) is 10.2. The average molecular weight is 252 g/mol. The van der Waals surface area contributed by atoms with Crippen molar-refractivity contribution in [2.24, 2.45) is 0 Å². The van der Waals surface area contributed by atoms with Gasteiger partial charge in [-0.1, -0.05) is 12.1 Å². The maximum Gasteiger partial charge on any atom is 0.127 e. The van der Waals surface area contributed by atoms with Gasteiger partial charge in [0.05, 0.1) is 18.6 Å². The zero-order valence-electron chi connectivity index (χ0n) is 10.2. The number of hydrogen-bond acceptors (Lipinski definition) is 4. The second-order valence-electron chi connectivity index (χ2n) is 4.09. The van der Waals surface area contributed by atoms with Crippen molar-refractivity contribution in [3.63, 3.8) is 0 Å². The molecule has 0 saturated heterocycles. The summed E-state index contributed by atoms with van der Waals surface area (Å²) in [5, 5.41) is 30.9. The SMILES string of the molecule is CNCCC(O)C(O)c1ccc(CC#N)c(F)c1. The predicted molar refractivity (Wildman–Crippen MR) is 65.2 cm³/mol. The van der Waals surface area contributed by atoms with Crippen molar-refractivity contribution in [2.75, 3.05) is 13.6 Å². The fraction of sp³-hybridized carbons (Fsp3) is 0.462. The van der Waals surface area contributed by atoms with Gasteiger partial charge in [-0.3, -0.25) is 0 Å².